The van der Waals surface area contributed by atoms with Crippen molar-refractivity contribution < 1.29 is 39.8 Å². The highest BCUT2D eigenvalue weighted by atomic mass is 35.5. The summed E-state index contributed by atoms with van der Waals surface area (Å²) in [7, 11) is 0. The Hall–Kier alpha value is -10.8. The van der Waals surface area contributed by atoms with Crippen molar-refractivity contribution in [1.29, 1.82) is 0 Å². The summed E-state index contributed by atoms with van der Waals surface area (Å²) in [5, 5.41) is 52.1. The molecule has 18 rings (SSSR count). The van der Waals surface area contributed by atoms with E-state index in [9.17, 15) is 4.79 Å². The summed E-state index contributed by atoms with van der Waals surface area (Å²) in [4.78, 5) is 12.9. The number of phenols is 5. The number of ether oxygens (including phenoxy) is 2. The van der Waals surface area contributed by atoms with Gasteiger partial charge >= 0.3 is 5.97 Å². The summed E-state index contributed by atoms with van der Waals surface area (Å²) in [5.74, 6) is 12.5. The standard InChI is InChI=1S/C21H28O2.C21H22O.C14H14.2C10H13Cl.5C10H14O/c1-3-14(2)18-4-6-19(7-5-18)23-20(22)21-11-15-8-16(12-21)10-17(9-15)13-21;1-3-16(2)18-10-12-21(13-11-18)22-15-17-8-9-19-6-4-5-7-20(19)14-17;1-9-10(2)13-8-4-6-11-5-3-7-12(9)14(11)13;7*1-3-8(2)9-4-6-10(11)7-5-9/h4-7,14-17H,3,8-13H2,1-2H3;4-14,16H,3,15H2,1-2H3;3-10H,1-2H3;2*4-8H,3H2,1-2H3;5*4-8,11H,3H2,1-2H3. The number of benzene rings is 13. The zero-order chi connectivity index (χ0) is 99.0. The molecule has 4 saturated carbocycles. The zero-order valence-electron chi connectivity index (χ0n) is 85.4. The van der Waals surface area contributed by atoms with E-state index in [1.165, 1.54) is 120 Å². The van der Waals surface area contributed by atoms with Gasteiger partial charge in [0.1, 0.15) is 46.9 Å². The fourth-order valence-electron chi connectivity index (χ4n) is 18.2. The van der Waals surface area contributed by atoms with Crippen LogP contribution >= 0.6 is 23.2 Å². The van der Waals surface area contributed by atoms with Gasteiger partial charge in [0.25, 0.3) is 0 Å². The van der Waals surface area contributed by atoms with E-state index in [0.717, 1.165) is 104 Å². The molecule has 13 aromatic rings. The van der Waals surface area contributed by atoms with Crippen molar-refractivity contribution in [1.82, 2.24) is 0 Å². The van der Waals surface area contributed by atoms with Crippen LogP contribution in [0.15, 0.2) is 297 Å². The topological polar surface area (TPSA) is 137 Å². The van der Waals surface area contributed by atoms with E-state index in [4.69, 9.17) is 58.2 Å². The minimum absolute atomic E-state index is 0.0490. The number of aromatic hydroxyl groups is 5. The SMILES string of the molecule is CC1c2cccc3cccc(c23)C1C.CCC(C)c1ccc(Cl)cc1.CCC(C)c1ccc(Cl)cc1.CCC(C)c1ccc(O)cc1.CCC(C)c1ccc(O)cc1.CCC(C)c1ccc(O)cc1.CCC(C)c1ccc(O)cc1.CCC(C)c1ccc(O)cc1.CCC(C)c1ccc(OC(=O)C23CC4CC(CC(C4)C2)C3)cc1.CCC(C)c1ccc(OCc2ccc3ccccc3c2)cc1. The number of phenolic OH excluding ortho intramolecular Hbond substituents is 5. The van der Waals surface area contributed by atoms with Gasteiger partial charge in [-0.15, -0.1) is 0 Å². The van der Waals surface area contributed by atoms with E-state index < -0.39 is 0 Å². The number of rotatable bonds is 23. The average molecular weight is 1870 g/mol. The van der Waals surface area contributed by atoms with Crippen molar-refractivity contribution in [3.63, 3.8) is 0 Å². The van der Waals surface area contributed by atoms with Crippen LogP contribution in [-0.4, -0.2) is 31.5 Å². The van der Waals surface area contributed by atoms with Crippen LogP contribution < -0.4 is 9.47 Å². The largest absolute Gasteiger partial charge is 0.508 e. The molecule has 136 heavy (non-hydrogen) atoms. The molecule has 0 heterocycles. The van der Waals surface area contributed by atoms with E-state index in [-0.39, 0.29) is 11.4 Å². The molecule has 0 aromatic heterocycles. The van der Waals surface area contributed by atoms with Gasteiger partial charge in [-0.05, 0) is 383 Å². The summed E-state index contributed by atoms with van der Waals surface area (Å²) in [6.07, 6.45) is 17.7. The lowest BCUT2D eigenvalue weighted by Gasteiger charge is -2.55. The van der Waals surface area contributed by atoms with E-state index in [2.05, 4.69) is 278 Å². The van der Waals surface area contributed by atoms with Gasteiger partial charge in [0.15, 0.2) is 0 Å². The molecule has 0 radical (unpaired) electrons. The third-order valence-electron chi connectivity index (χ3n) is 29.2. The summed E-state index contributed by atoms with van der Waals surface area (Å²) < 4.78 is 11.7. The van der Waals surface area contributed by atoms with Gasteiger partial charge < -0.3 is 35.0 Å². The number of hydrogen-bond acceptors (Lipinski definition) is 8. The molecule has 0 aliphatic heterocycles. The number of fused-ring (bicyclic) bond motifs is 1. The molecule has 4 bridgehead atoms. The lowest BCUT2D eigenvalue weighted by atomic mass is 9.49. The monoisotopic (exact) mass is 1870 g/mol. The smallest absolute Gasteiger partial charge is 0.317 e. The van der Waals surface area contributed by atoms with Crippen molar-refractivity contribution in [2.24, 2.45) is 23.2 Å². The first kappa shape index (κ1) is 111. The first-order chi connectivity index (χ1) is 65.3. The molecule has 5 aliphatic rings. The van der Waals surface area contributed by atoms with Crippen molar-refractivity contribution >= 4 is 50.7 Å². The molecular weight excluding hydrogens is 1710 g/mol. The number of hydrogen-bond donors (Lipinski definition) is 5. The number of carbonyl (C=O) groups excluding carboxylic acids is 1. The maximum Gasteiger partial charge on any atom is 0.317 e. The number of esters is 1. The third-order valence-corrected chi connectivity index (χ3v) is 29.7. The van der Waals surface area contributed by atoms with Gasteiger partial charge in [0, 0.05) is 10.0 Å². The minimum Gasteiger partial charge on any atom is -0.508 e. The first-order valence-electron chi connectivity index (χ1n) is 50.8. The van der Waals surface area contributed by atoms with Crippen molar-refractivity contribution in [2.45, 2.75) is 306 Å². The minimum atomic E-state index is -0.163. The summed E-state index contributed by atoms with van der Waals surface area (Å²) in [5.41, 5.74) is 16.0. The predicted octanol–water partition coefficient (Wildman–Crippen LogP) is 37.6. The summed E-state index contributed by atoms with van der Waals surface area (Å²) in [6.45, 7) is 44.8. The number of carbonyl (C=O) groups is 1. The van der Waals surface area contributed by atoms with Crippen LogP contribution in [0, 0.1) is 23.2 Å². The van der Waals surface area contributed by atoms with Crippen LogP contribution in [0.25, 0.3) is 21.5 Å². The molecular formula is C126H160Cl2O8. The van der Waals surface area contributed by atoms with E-state index in [1.54, 1.807) is 60.7 Å². The van der Waals surface area contributed by atoms with Gasteiger partial charge in [-0.25, -0.2) is 0 Å². The second-order valence-corrected chi connectivity index (χ2v) is 39.8. The first-order valence-corrected chi connectivity index (χ1v) is 51.5. The van der Waals surface area contributed by atoms with E-state index >= 15 is 0 Å². The Labute approximate surface area is 828 Å². The Kier molecular flexibility index (Phi) is 46.2. The summed E-state index contributed by atoms with van der Waals surface area (Å²) in [6, 6.07) is 98.2. The zero-order valence-corrected chi connectivity index (χ0v) is 86.9. The van der Waals surface area contributed by atoms with Crippen LogP contribution in [0.4, 0.5) is 0 Å². The van der Waals surface area contributed by atoms with Crippen molar-refractivity contribution in [3.8, 4) is 40.2 Å². The molecule has 11 atom stereocenters. The highest BCUT2D eigenvalue weighted by molar-refractivity contribution is 6.30. The second kappa shape index (κ2) is 56.8. The molecule has 11 unspecified atom stereocenters. The Morgan fingerprint density at radius 2 is 0.544 bits per heavy atom. The highest BCUT2D eigenvalue weighted by Gasteiger charge is 2.55. The van der Waals surface area contributed by atoms with Crippen LogP contribution in [0.2, 0.25) is 10.0 Å². The van der Waals surface area contributed by atoms with Gasteiger partial charge in [-0.1, -0.05) is 344 Å². The molecule has 726 valence electrons. The molecule has 8 nitrogen and oxygen atoms in total. The Bertz CT molecular complexity index is 4980. The van der Waals surface area contributed by atoms with Gasteiger partial charge in [-0.2, -0.15) is 0 Å². The van der Waals surface area contributed by atoms with Crippen molar-refractivity contribution in [3.05, 3.63) is 374 Å². The third kappa shape index (κ3) is 34.4. The Balaban J connectivity index is 0.000000189. The molecule has 4 fully saturated rings. The van der Waals surface area contributed by atoms with Crippen LogP contribution in [0.3, 0.4) is 0 Å². The van der Waals surface area contributed by atoms with Crippen LogP contribution in [0.5, 0.6) is 40.2 Å². The van der Waals surface area contributed by atoms with Gasteiger partial charge in [0.2, 0.25) is 0 Å². The molecule has 5 aliphatic carbocycles. The highest BCUT2D eigenvalue weighted by Crippen LogP contribution is 2.60. The molecule has 0 spiro atoms. The summed E-state index contributed by atoms with van der Waals surface area (Å²) >= 11 is 11.5. The van der Waals surface area contributed by atoms with Gasteiger partial charge in [-0.3, -0.25) is 4.79 Å². The van der Waals surface area contributed by atoms with Crippen LogP contribution in [0.1, 0.15) is 367 Å². The molecule has 13 aromatic carbocycles. The fourth-order valence-corrected chi connectivity index (χ4v) is 18.5. The molecule has 0 amide bonds. The van der Waals surface area contributed by atoms with Crippen LogP contribution in [-0.2, 0) is 11.4 Å². The predicted molar refractivity (Wildman–Crippen MR) is 580 cm³/mol. The van der Waals surface area contributed by atoms with E-state index in [1.807, 2.05) is 97.1 Å². The number of halogens is 2. The fraction of sp³-hybridized carbons (Fsp3) is 0.405. The van der Waals surface area contributed by atoms with Crippen molar-refractivity contribution in [2.75, 3.05) is 0 Å². The maximum absolute atomic E-state index is 12.9. The Morgan fingerprint density at radius 3 is 0.816 bits per heavy atom. The Morgan fingerprint density at radius 1 is 0.301 bits per heavy atom. The lowest BCUT2D eigenvalue weighted by Crippen LogP contribution is -2.51. The molecule has 0 saturated heterocycles. The lowest BCUT2D eigenvalue weighted by molar-refractivity contribution is -0.161. The molecule has 5 N–H and O–H groups in total. The average Bonchev–Trinajstić information content (AvgIpc) is 0.772. The van der Waals surface area contributed by atoms with Gasteiger partial charge in [0.05, 0.1) is 5.41 Å². The quantitative estimate of drug-likeness (QED) is 0.0316. The van der Waals surface area contributed by atoms with E-state index in [0.29, 0.717) is 100 Å². The maximum atomic E-state index is 12.9. The normalized spacial score (nSPS) is 17.9. The second-order valence-electron chi connectivity index (χ2n) is 38.9. The molecule has 10 heteroatoms.